The summed E-state index contributed by atoms with van der Waals surface area (Å²) in [6.45, 7) is 2.53. The van der Waals surface area contributed by atoms with E-state index in [2.05, 4.69) is 12.2 Å². The zero-order chi connectivity index (χ0) is 15.5. The van der Waals surface area contributed by atoms with Crippen LogP contribution in [0.3, 0.4) is 0 Å². The number of ketones is 1. The fourth-order valence-electron chi connectivity index (χ4n) is 2.42. The number of esters is 1. The number of cyclic esters (lactones) is 1. The SMILES string of the molecule is CCCCCCCCCC(=O)CC(=O)NC1CCOC1=O. The molecule has 0 bridgehead atoms. The van der Waals surface area contributed by atoms with Gasteiger partial charge >= 0.3 is 5.97 Å². The Morgan fingerprint density at radius 1 is 1.14 bits per heavy atom. The van der Waals surface area contributed by atoms with Crippen molar-refractivity contribution in [3.05, 3.63) is 0 Å². The van der Waals surface area contributed by atoms with Crippen LogP contribution in [0.4, 0.5) is 0 Å². The minimum absolute atomic E-state index is 0.0487. The first-order chi connectivity index (χ1) is 10.1. The molecule has 1 aliphatic heterocycles. The first-order valence-corrected chi connectivity index (χ1v) is 8.11. The van der Waals surface area contributed by atoms with E-state index in [9.17, 15) is 14.4 Å². The molecule has 0 aromatic carbocycles. The van der Waals surface area contributed by atoms with Crippen LogP contribution in [0.1, 0.15) is 71.1 Å². The van der Waals surface area contributed by atoms with Gasteiger partial charge in [-0.25, -0.2) is 4.79 Å². The molecule has 1 N–H and O–H groups in total. The number of amides is 1. The van der Waals surface area contributed by atoms with Gasteiger partial charge in [-0.3, -0.25) is 9.59 Å². The summed E-state index contributed by atoms with van der Waals surface area (Å²) >= 11 is 0. The van der Waals surface area contributed by atoms with E-state index in [1.165, 1.54) is 25.7 Å². The van der Waals surface area contributed by atoms with Gasteiger partial charge in [0.2, 0.25) is 5.91 Å². The number of carbonyl (C=O) groups excluding carboxylic acids is 3. The Balaban J connectivity index is 2.02. The third-order valence-electron chi connectivity index (χ3n) is 3.69. The van der Waals surface area contributed by atoms with Gasteiger partial charge in [-0.05, 0) is 6.42 Å². The average molecular weight is 297 g/mol. The van der Waals surface area contributed by atoms with Gasteiger partial charge in [0.1, 0.15) is 11.8 Å². The van der Waals surface area contributed by atoms with Gasteiger partial charge in [0.25, 0.3) is 0 Å². The lowest BCUT2D eigenvalue weighted by molar-refractivity contribution is -0.142. The van der Waals surface area contributed by atoms with Crippen LogP contribution >= 0.6 is 0 Å². The van der Waals surface area contributed by atoms with Crippen molar-refractivity contribution in [3.8, 4) is 0 Å². The van der Waals surface area contributed by atoms with Gasteiger partial charge < -0.3 is 10.1 Å². The van der Waals surface area contributed by atoms with Gasteiger partial charge in [-0.2, -0.15) is 0 Å². The summed E-state index contributed by atoms with van der Waals surface area (Å²) in [4.78, 5) is 34.5. The molecule has 1 rings (SSSR count). The zero-order valence-electron chi connectivity index (χ0n) is 13.0. The van der Waals surface area contributed by atoms with Crippen molar-refractivity contribution in [3.63, 3.8) is 0 Å². The van der Waals surface area contributed by atoms with Crippen molar-refractivity contribution in [2.75, 3.05) is 6.61 Å². The van der Waals surface area contributed by atoms with Crippen LogP contribution in [0.25, 0.3) is 0 Å². The molecule has 0 aliphatic carbocycles. The van der Waals surface area contributed by atoms with Crippen LogP contribution in [-0.4, -0.2) is 30.3 Å². The van der Waals surface area contributed by atoms with E-state index < -0.39 is 12.0 Å². The second kappa shape index (κ2) is 10.4. The van der Waals surface area contributed by atoms with Gasteiger partial charge in [-0.15, -0.1) is 0 Å². The van der Waals surface area contributed by atoms with Gasteiger partial charge in [0, 0.05) is 12.8 Å². The lowest BCUT2D eigenvalue weighted by Gasteiger charge is -2.08. The average Bonchev–Trinajstić information content (AvgIpc) is 2.83. The van der Waals surface area contributed by atoms with E-state index in [1.54, 1.807) is 0 Å². The van der Waals surface area contributed by atoms with E-state index in [4.69, 9.17) is 4.74 Å². The molecule has 5 nitrogen and oxygen atoms in total. The van der Waals surface area contributed by atoms with Crippen LogP contribution in [0.15, 0.2) is 0 Å². The number of carbonyl (C=O) groups is 3. The molecule has 0 saturated carbocycles. The Labute approximate surface area is 126 Å². The van der Waals surface area contributed by atoms with Crippen molar-refractivity contribution in [1.29, 1.82) is 0 Å². The first-order valence-electron chi connectivity index (χ1n) is 8.11. The maximum absolute atomic E-state index is 11.7. The number of hydrogen-bond acceptors (Lipinski definition) is 4. The van der Waals surface area contributed by atoms with E-state index >= 15 is 0 Å². The normalized spacial score (nSPS) is 17.6. The molecule has 0 aromatic rings. The van der Waals surface area contributed by atoms with Gasteiger partial charge in [-0.1, -0.05) is 45.4 Å². The molecule has 1 saturated heterocycles. The molecular formula is C16H27NO4. The highest BCUT2D eigenvalue weighted by atomic mass is 16.5. The van der Waals surface area contributed by atoms with Crippen LogP contribution in [0.2, 0.25) is 0 Å². The molecule has 0 radical (unpaired) electrons. The number of rotatable bonds is 11. The number of Topliss-reactive ketones (excluding diaryl/α,β-unsaturated/α-hetero) is 1. The topological polar surface area (TPSA) is 72.5 Å². The smallest absolute Gasteiger partial charge is 0.328 e. The fraction of sp³-hybridized carbons (Fsp3) is 0.812. The van der Waals surface area contributed by atoms with Crippen LogP contribution in [0.5, 0.6) is 0 Å². The van der Waals surface area contributed by atoms with E-state index in [0.717, 1.165) is 19.3 Å². The molecule has 5 heteroatoms. The third-order valence-corrected chi connectivity index (χ3v) is 3.69. The van der Waals surface area contributed by atoms with Gasteiger partial charge in [0.05, 0.1) is 13.0 Å². The summed E-state index contributed by atoms with van der Waals surface area (Å²) in [6.07, 6.45) is 8.90. The van der Waals surface area contributed by atoms with Gasteiger partial charge in [0.15, 0.2) is 0 Å². The number of hydrogen-bond donors (Lipinski definition) is 1. The number of ether oxygens (including phenoxy) is 1. The molecule has 1 atom stereocenters. The molecule has 1 unspecified atom stereocenters. The molecule has 21 heavy (non-hydrogen) atoms. The predicted molar refractivity (Wildman–Crippen MR) is 79.7 cm³/mol. The standard InChI is InChI=1S/C16H27NO4/c1-2-3-4-5-6-7-8-9-13(18)12-15(19)17-14-10-11-21-16(14)20/h14H,2-12H2,1H3,(H,17,19). The monoisotopic (exact) mass is 297 g/mol. The maximum Gasteiger partial charge on any atom is 0.328 e. The van der Waals surface area contributed by atoms with Crippen LogP contribution in [0, 0.1) is 0 Å². The number of nitrogens with one attached hydrogen (secondary N) is 1. The van der Waals surface area contributed by atoms with Crippen LogP contribution < -0.4 is 5.32 Å². The quantitative estimate of drug-likeness (QED) is 0.361. The maximum atomic E-state index is 11.7. The van der Waals surface area contributed by atoms with Crippen molar-refractivity contribution in [1.82, 2.24) is 5.32 Å². The first kappa shape index (κ1) is 17.7. The summed E-state index contributed by atoms with van der Waals surface area (Å²) in [5.41, 5.74) is 0. The summed E-state index contributed by atoms with van der Waals surface area (Å²) in [7, 11) is 0. The molecule has 0 spiro atoms. The predicted octanol–water partition coefficient (Wildman–Crippen LogP) is 2.52. The largest absolute Gasteiger partial charge is 0.464 e. The zero-order valence-corrected chi connectivity index (χ0v) is 13.0. The molecule has 1 amide bonds. The second-order valence-electron chi connectivity index (χ2n) is 5.66. The lowest BCUT2D eigenvalue weighted by Crippen LogP contribution is -2.38. The Hall–Kier alpha value is -1.39. The molecule has 1 heterocycles. The Kier molecular flexibility index (Phi) is 8.71. The van der Waals surface area contributed by atoms with E-state index in [-0.39, 0.29) is 18.1 Å². The van der Waals surface area contributed by atoms with Crippen molar-refractivity contribution in [2.24, 2.45) is 0 Å². The Bertz CT molecular complexity index is 354. The summed E-state index contributed by atoms with van der Waals surface area (Å²) in [5, 5.41) is 2.55. The fourth-order valence-corrected chi connectivity index (χ4v) is 2.42. The Morgan fingerprint density at radius 2 is 1.81 bits per heavy atom. The molecule has 1 aliphatic rings. The lowest BCUT2D eigenvalue weighted by atomic mass is 10.1. The summed E-state index contributed by atoms with van der Waals surface area (Å²) in [6, 6.07) is -0.566. The van der Waals surface area contributed by atoms with Crippen molar-refractivity contribution in [2.45, 2.75) is 77.2 Å². The minimum Gasteiger partial charge on any atom is -0.464 e. The Morgan fingerprint density at radius 3 is 2.43 bits per heavy atom. The highest BCUT2D eigenvalue weighted by molar-refractivity contribution is 5.99. The highest BCUT2D eigenvalue weighted by Crippen LogP contribution is 2.10. The van der Waals surface area contributed by atoms with E-state index in [0.29, 0.717) is 19.4 Å². The second-order valence-corrected chi connectivity index (χ2v) is 5.66. The summed E-state index contributed by atoms with van der Waals surface area (Å²) < 4.78 is 4.75. The molecule has 0 aromatic heterocycles. The molecule has 1 fully saturated rings. The molecule has 120 valence electrons. The summed E-state index contributed by atoms with van der Waals surface area (Å²) in [5.74, 6) is -0.818. The third kappa shape index (κ3) is 7.83. The van der Waals surface area contributed by atoms with E-state index in [1.807, 2.05) is 0 Å². The van der Waals surface area contributed by atoms with Crippen molar-refractivity contribution < 1.29 is 19.1 Å². The molecular weight excluding hydrogens is 270 g/mol. The van der Waals surface area contributed by atoms with Crippen LogP contribution in [-0.2, 0) is 19.1 Å². The minimum atomic E-state index is -0.566. The van der Waals surface area contributed by atoms with Crippen molar-refractivity contribution >= 4 is 17.7 Å². The highest BCUT2D eigenvalue weighted by Gasteiger charge is 2.28. The number of unbranched alkanes of at least 4 members (excludes halogenated alkanes) is 6.